The lowest BCUT2D eigenvalue weighted by Gasteiger charge is -2.24. The SMILES string of the molecule is CC(C#N)(C#N)C1c2ccccc2-c2cc3c(cc21)-c1ccc(-c2ccc(F)c(C(F)(F)F)c2)cc1C3=C(C#N)C#N. The Labute approximate surface area is 238 Å². The molecule has 0 heterocycles. The van der Waals surface area contributed by atoms with Crippen LogP contribution in [-0.4, -0.2) is 0 Å². The molecule has 4 nitrogen and oxygen atoms in total. The molecule has 0 saturated heterocycles. The van der Waals surface area contributed by atoms with Crippen molar-refractivity contribution in [1.29, 1.82) is 21.0 Å². The Morgan fingerprint density at radius 3 is 1.98 bits per heavy atom. The van der Waals surface area contributed by atoms with Gasteiger partial charge in [-0.1, -0.05) is 42.5 Å². The molecule has 0 fully saturated rings. The highest BCUT2D eigenvalue weighted by molar-refractivity contribution is 6.06. The Morgan fingerprint density at radius 1 is 0.667 bits per heavy atom. The van der Waals surface area contributed by atoms with Gasteiger partial charge in [0, 0.05) is 11.5 Å². The molecule has 0 radical (unpaired) electrons. The van der Waals surface area contributed by atoms with Crippen molar-refractivity contribution in [3.05, 3.63) is 112 Å². The van der Waals surface area contributed by atoms with Crippen LogP contribution in [0.15, 0.2) is 78.4 Å². The van der Waals surface area contributed by atoms with Crippen molar-refractivity contribution in [3.63, 3.8) is 0 Å². The average molecular weight is 557 g/mol. The molecule has 0 aliphatic heterocycles. The second kappa shape index (κ2) is 9.17. The molecule has 1 unspecified atom stereocenters. The summed E-state index contributed by atoms with van der Waals surface area (Å²) in [6.07, 6.45) is -4.89. The summed E-state index contributed by atoms with van der Waals surface area (Å²) < 4.78 is 54.3. The van der Waals surface area contributed by atoms with Crippen molar-refractivity contribution in [2.75, 3.05) is 0 Å². The van der Waals surface area contributed by atoms with Gasteiger partial charge >= 0.3 is 6.18 Å². The number of rotatable bonds is 2. The second-order valence-corrected chi connectivity index (χ2v) is 10.4. The lowest BCUT2D eigenvalue weighted by molar-refractivity contribution is -0.139. The van der Waals surface area contributed by atoms with E-state index in [2.05, 4.69) is 12.1 Å². The summed E-state index contributed by atoms with van der Waals surface area (Å²) in [5, 5.41) is 39.8. The molecule has 8 heteroatoms. The smallest absolute Gasteiger partial charge is 0.206 e. The summed E-state index contributed by atoms with van der Waals surface area (Å²) in [4.78, 5) is 0. The molecule has 0 saturated carbocycles. The van der Waals surface area contributed by atoms with Gasteiger partial charge in [0.2, 0.25) is 0 Å². The van der Waals surface area contributed by atoms with Gasteiger partial charge in [0.05, 0.1) is 17.7 Å². The topological polar surface area (TPSA) is 95.2 Å². The first-order valence-corrected chi connectivity index (χ1v) is 12.7. The van der Waals surface area contributed by atoms with Gasteiger partial charge < -0.3 is 0 Å². The van der Waals surface area contributed by atoms with Gasteiger partial charge in [-0.2, -0.15) is 34.2 Å². The summed E-state index contributed by atoms with van der Waals surface area (Å²) in [5.74, 6) is -1.95. The van der Waals surface area contributed by atoms with Crippen LogP contribution in [0.25, 0.3) is 39.0 Å². The predicted molar refractivity (Wildman–Crippen MR) is 146 cm³/mol. The molecule has 1 atom stereocenters. The number of hydrogen-bond donors (Lipinski definition) is 0. The Kier molecular flexibility index (Phi) is 5.79. The fourth-order valence-corrected chi connectivity index (χ4v) is 6.09. The first kappa shape index (κ1) is 26.5. The third-order valence-corrected chi connectivity index (χ3v) is 8.03. The van der Waals surface area contributed by atoms with Gasteiger partial charge in [0.1, 0.15) is 23.5 Å². The minimum atomic E-state index is -4.89. The number of nitrogens with zero attached hydrogens (tertiary/aromatic N) is 4. The molecule has 0 amide bonds. The van der Waals surface area contributed by atoms with E-state index >= 15 is 0 Å². The monoisotopic (exact) mass is 556 g/mol. The van der Waals surface area contributed by atoms with Gasteiger partial charge in [0.25, 0.3) is 0 Å². The summed E-state index contributed by atoms with van der Waals surface area (Å²) in [5.41, 5.74) is 3.35. The highest BCUT2D eigenvalue weighted by atomic mass is 19.4. The first-order chi connectivity index (χ1) is 20.1. The van der Waals surface area contributed by atoms with Gasteiger partial charge in [-0.15, -0.1) is 0 Å². The standard InChI is InChI=1S/C34H16F4N4/c1-33(16-41,17-42)32-23-5-3-2-4-21(23)25-12-27-24(13-28(25)32)22-8-6-18(10-26(22)31(27)20(14-39)15-40)19-7-9-30(35)29(11-19)34(36,37)38/h2-13,32H,1H3. The normalized spacial score (nSPS) is 14.4. The zero-order chi connectivity index (χ0) is 30.0. The largest absolute Gasteiger partial charge is 0.419 e. The Hall–Kier alpha value is -5.70. The molecule has 4 aromatic rings. The van der Waals surface area contributed by atoms with Gasteiger partial charge in [-0.25, -0.2) is 4.39 Å². The van der Waals surface area contributed by atoms with Crippen molar-refractivity contribution in [1.82, 2.24) is 0 Å². The number of allylic oxidation sites excluding steroid dienone is 1. The fraction of sp³-hybridized carbons (Fsp3) is 0.118. The second-order valence-electron chi connectivity index (χ2n) is 10.4. The van der Waals surface area contributed by atoms with E-state index in [4.69, 9.17) is 0 Å². The van der Waals surface area contributed by atoms with E-state index in [0.29, 0.717) is 33.4 Å². The molecular formula is C34H16F4N4. The van der Waals surface area contributed by atoms with Crippen LogP contribution >= 0.6 is 0 Å². The zero-order valence-electron chi connectivity index (χ0n) is 21.8. The minimum absolute atomic E-state index is 0.118. The average Bonchev–Trinajstić information content (AvgIpc) is 3.48. The highest BCUT2D eigenvalue weighted by Crippen LogP contribution is 2.57. The molecule has 0 bridgehead atoms. The summed E-state index contributed by atoms with van der Waals surface area (Å²) in [6.45, 7) is 1.59. The zero-order valence-corrected chi connectivity index (χ0v) is 21.8. The van der Waals surface area contributed by atoms with Crippen LogP contribution in [0.4, 0.5) is 17.6 Å². The maximum atomic E-state index is 14.0. The maximum absolute atomic E-state index is 14.0. The number of halogens is 4. The Morgan fingerprint density at radius 2 is 1.31 bits per heavy atom. The van der Waals surface area contributed by atoms with Crippen LogP contribution in [-0.2, 0) is 6.18 Å². The third-order valence-electron chi connectivity index (χ3n) is 8.03. The van der Waals surface area contributed by atoms with Crippen LogP contribution in [0.1, 0.15) is 40.7 Å². The van der Waals surface area contributed by atoms with E-state index in [0.717, 1.165) is 34.4 Å². The highest BCUT2D eigenvalue weighted by Gasteiger charge is 2.44. The molecule has 2 aliphatic rings. The molecule has 0 aromatic heterocycles. The van der Waals surface area contributed by atoms with Crippen molar-refractivity contribution >= 4 is 5.57 Å². The molecule has 200 valence electrons. The van der Waals surface area contributed by atoms with Gasteiger partial charge in [-0.05, 0) is 92.9 Å². The lowest BCUT2D eigenvalue weighted by Crippen LogP contribution is -2.21. The molecule has 0 N–H and O–H groups in total. The summed E-state index contributed by atoms with van der Waals surface area (Å²) in [7, 11) is 0. The van der Waals surface area contributed by atoms with Crippen LogP contribution < -0.4 is 0 Å². The van der Waals surface area contributed by atoms with E-state index in [1.165, 1.54) is 6.07 Å². The van der Waals surface area contributed by atoms with Crippen molar-refractivity contribution in [2.24, 2.45) is 5.41 Å². The molecule has 4 aromatic carbocycles. The van der Waals surface area contributed by atoms with Crippen LogP contribution in [0.5, 0.6) is 0 Å². The molecule has 2 aliphatic carbocycles. The van der Waals surface area contributed by atoms with E-state index < -0.39 is 28.9 Å². The van der Waals surface area contributed by atoms with E-state index in [9.17, 15) is 38.6 Å². The lowest BCUT2D eigenvalue weighted by atomic mass is 9.74. The Bertz CT molecular complexity index is 2030. The summed E-state index contributed by atoms with van der Waals surface area (Å²) >= 11 is 0. The number of hydrogen-bond acceptors (Lipinski definition) is 4. The predicted octanol–water partition coefficient (Wildman–Crippen LogP) is 8.51. The molecule has 0 spiro atoms. The summed E-state index contributed by atoms with van der Waals surface area (Å²) in [6, 6.07) is 27.0. The van der Waals surface area contributed by atoms with Crippen LogP contribution in [0.2, 0.25) is 0 Å². The van der Waals surface area contributed by atoms with Crippen molar-refractivity contribution in [2.45, 2.75) is 19.0 Å². The molecular weight excluding hydrogens is 540 g/mol. The number of benzene rings is 4. The van der Waals surface area contributed by atoms with E-state index in [1.54, 1.807) is 25.1 Å². The molecule has 6 rings (SSSR count). The number of nitriles is 4. The van der Waals surface area contributed by atoms with Crippen molar-refractivity contribution in [3.8, 4) is 57.7 Å². The van der Waals surface area contributed by atoms with E-state index in [-0.39, 0.29) is 11.1 Å². The van der Waals surface area contributed by atoms with Gasteiger partial charge in [0.15, 0.2) is 5.41 Å². The number of alkyl halides is 3. The Balaban J connectivity index is 1.62. The minimum Gasteiger partial charge on any atom is -0.206 e. The number of fused-ring (bicyclic) bond motifs is 6. The van der Waals surface area contributed by atoms with Crippen molar-refractivity contribution < 1.29 is 17.6 Å². The van der Waals surface area contributed by atoms with Crippen LogP contribution in [0.3, 0.4) is 0 Å². The van der Waals surface area contributed by atoms with Crippen LogP contribution in [0, 0.1) is 56.6 Å². The first-order valence-electron chi connectivity index (χ1n) is 12.7. The maximum Gasteiger partial charge on any atom is 0.419 e. The van der Waals surface area contributed by atoms with E-state index in [1.807, 2.05) is 48.5 Å². The molecule has 42 heavy (non-hydrogen) atoms. The fourth-order valence-electron chi connectivity index (χ4n) is 6.09. The van der Waals surface area contributed by atoms with Gasteiger partial charge in [-0.3, -0.25) is 0 Å². The quantitative estimate of drug-likeness (QED) is 0.161. The third kappa shape index (κ3) is 3.71.